The number of rotatable bonds is 7. The van der Waals surface area contributed by atoms with Gasteiger partial charge in [-0.3, -0.25) is 9.59 Å². The first-order valence-corrected chi connectivity index (χ1v) is 9.04. The minimum Gasteiger partial charge on any atom is -0.390 e. The maximum absolute atomic E-state index is 12.2. The average molecular weight is 390 g/mol. The third-order valence-corrected chi connectivity index (χ3v) is 4.36. The average Bonchev–Trinajstić information content (AvgIpc) is 2.64. The monoisotopic (exact) mass is 390 g/mol. The Hall–Kier alpha value is -2.91. The maximum Gasteiger partial charge on any atom is 0.319 e. The molecular weight excluding hydrogens is 364 g/mol. The number of anilines is 1. The topological polar surface area (TPSA) is 154 Å². The van der Waals surface area contributed by atoms with Crippen LogP contribution in [0.25, 0.3) is 0 Å². The van der Waals surface area contributed by atoms with Crippen molar-refractivity contribution in [3.63, 3.8) is 0 Å². The number of aryl methyl sites for hydroxylation is 1. The SMILES string of the molecule is Cc1ccc(NC(=O)N[C@@H]2C=C(C(=O)NCCCC(N)=O)C[C@@H](O)[C@@H]2O)cc1. The van der Waals surface area contributed by atoms with Crippen molar-refractivity contribution in [2.24, 2.45) is 5.73 Å². The fourth-order valence-corrected chi connectivity index (χ4v) is 2.80. The van der Waals surface area contributed by atoms with E-state index in [2.05, 4.69) is 16.0 Å². The van der Waals surface area contributed by atoms with E-state index in [0.717, 1.165) is 5.56 Å². The quantitative estimate of drug-likeness (QED) is 0.359. The lowest BCUT2D eigenvalue weighted by Crippen LogP contribution is -2.52. The summed E-state index contributed by atoms with van der Waals surface area (Å²) in [7, 11) is 0. The zero-order valence-corrected chi connectivity index (χ0v) is 15.6. The minimum absolute atomic E-state index is 0.0411. The molecule has 0 fully saturated rings. The lowest BCUT2D eigenvalue weighted by Gasteiger charge is -2.31. The second-order valence-electron chi connectivity index (χ2n) is 6.77. The highest BCUT2D eigenvalue weighted by atomic mass is 16.3. The van der Waals surface area contributed by atoms with Crippen molar-refractivity contribution in [1.82, 2.24) is 10.6 Å². The Morgan fingerprint density at radius 2 is 1.86 bits per heavy atom. The summed E-state index contributed by atoms with van der Waals surface area (Å²) in [5.41, 5.74) is 6.91. The number of aliphatic hydroxyl groups is 2. The molecule has 0 unspecified atom stereocenters. The first-order valence-electron chi connectivity index (χ1n) is 9.04. The Kier molecular flexibility index (Phi) is 7.53. The highest BCUT2D eigenvalue weighted by Crippen LogP contribution is 2.20. The molecular formula is C19H26N4O5. The summed E-state index contributed by atoms with van der Waals surface area (Å²) in [4.78, 5) is 35.1. The van der Waals surface area contributed by atoms with E-state index in [1.165, 1.54) is 6.08 Å². The molecule has 1 aromatic carbocycles. The van der Waals surface area contributed by atoms with E-state index in [1.54, 1.807) is 12.1 Å². The Morgan fingerprint density at radius 1 is 1.18 bits per heavy atom. The second-order valence-corrected chi connectivity index (χ2v) is 6.77. The zero-order valence-electron chi connectivity index (χ0n) is 15.6. The predicted octanol–water partition coefficient (Wildman–Crippen LogP) is -0.0813. The standard InChI is InChI=1S/C19H26N4O5/c1-11-4-6-13(7-5-11)22-19(28)23-14-9-12(10-15(24)17(14)26)18(27)21-8-2-3-16(20)25/h4-7,9,14-15,17,24,26H,2-3,8,10H2,1H3,(H2,20,25)(H,21,27)(H2,22,23,28)/t14-,15-,17-/m1/s1. The molecule has 0 aromatic heterocycles. The van der Waals surface area contributed by atoms with Gasteiger partial charge in [0.25, 0.3) is 0 Å². The van der Waals surface area contributed by atoms with Crippen LogP contribution in [-0.2, 0) is 9.59 Å². The van der Waals surface area contributed by atoms with E-state index < -0.39 is 36.1 Å². The molecule has 3 atom stereocenters. The lowest BCUT2D eigenvalue weighted by atomic mass is 9.90. The van der Waals surface area contributed by atoms with Crippen molar-refractivity contribution in [3.05, 3.63) is 41.5 Å². The molecule has 0 bridgehead atoms. The van der Waals surface area contributed by atoms with E-state index in [-0.39, 0.29) is 25.0 Å². The fraction of sp³-hybridized carbons (Fsp3) is 0.421. The molecule has 9 nitrogen and oxygen atoms in total. The van der Waals surface area contributed by atoms with E-state index >= 15 is 0 Å². The molecule has 0 heterocycles. The fourth-order valence-electron chi connectivity index (χ4n) is 2.80. The van der Waals surface area contributed by atoms with Gasteiger partial charge in [-0.15, -0.1) is 0 Å². The molecule has 7 N–H and O–H groups in total. The summed E-state index contributed by atoms with van der Waals surface area (Å²) in [6, 6.07) is 5.66. The number of amides is 4. The van der Waals surface area contributed by atoms with E-state index in [9.17, 15) is 24.6 Å². The second kappa shape index (κ2) is 9.86. The van der Waals surface area contributed by atoms with Crippen molar-refractivity contribution in [3.8, 4) is 0 Å². The minimum atomic E-state index is -1.24. The molecule has 0 saturated heterocycles. The Balaban J connectivity index is 1.95. The van der Waals surface area contributed by atoms with Gasteiger partial charge in [0.05, 0.1) is 12.1 Å². The first kappa shape index (κ1) is 21.4. The molecule has 1 aliphatic rings. The van der Waals surface area contributed by atoms with Crippen LogP contribution in [0, 0.1) is 6.92 Å². The molecule has 0 saturated carbocycles. The molecule has 0 aliphatic heterocycles. The van der Waals surface area contributed by atoms with E-state index in [0.29, 0.717) is 12.1 Å². The van der Waals surface area contributed by atoms with Crippen LogP contribution in [-0.4, -0.2) is 52.9 Å². The van der Waals surface area contributed by atoms with Gasteiger partial charge in [-0.1, -0.05) is 23.8 Å². The number of nitrogens with one attached hydrogen (secondary N) is 3. The highest BCUT2D eigenvalue weighted by molar-refractivity contribution is 5.94. The number of nitrogens with two attached hydrogens (primary N) is 1. The van der Waals surface area contributed by atoms with Crippen molar-refractivity contribution >= 4 is 23.5 Å². The van der Waals surface area contributed by atoms with E-state index in [1.807, 2.05) is 19.1 Å². The van der Waals surface area contributed by atoms with Crippen LogP contribution in [0.3, 0.4) is 0 Å². The number of primary amides is 1. The smallest absolute Gasteiger partial charge is 0.319 e. The van der Waals surface area contributed by atoms with E-state index in [4.69, 9.17) is 5.73 Å². The normalized spacial score (nSPS) is 21.4. The molecule has 0 radical (unpaired) electrons. The molecule has 1 aromatic rings. The third kappa shape index (κ3) is 6.36. The van der Waals surface area contributed by atoms with Crippen molar-refractivity contribution < 1.29 is 24.6 Å². The number of carbonyl (C=O) groups is 3. The molecule has 28 heavy (non-hydrogen) atoms. The van der Waals surface area contributed by atoms with Crippen LogP contribution < -0.4 is 21.7 Å². The number of hydrogen-bond acceptors (Lipinski definition) is 5. The summed E-state index contributed by atoms with van der Waals surface area (Å²) < 4.78 is 0. The molecule has 1 aliphatic carbocycles. The van der Waals surface area contributed by atoms with Gasteiger partial charge < -0.3 is 31.9 Å². The molecule has 0 spiro atoms. The first-order chi connectivity index (χ1) is 13.3. The maximum atomic E-state index is 12.2. The van der Waals surface area contributed by atoms with Gasteiger partial charge in [0.1, 0.15) is 6.10 Å². The molecule has 9 heteroatoms. The largest absolute Gasteiger partial charge is 0.390 e. The zero-order chi connectivity index (χ0) is 20.7. The Morgan fingerprint density at radius 3 is 2.50 bits per heavy atom. The molecule has 4 amide bonds. The molecule has 2 rings (SSSR count). The summed E-state index contributed by atoms with van der Waals surface area (Å²) in [5, 5.41) is 28.0. The number of aliphatic hydroxyl groups excluding tert-OH is 2. The van der Waals surface area contributed by atoms with Crippen LogP contribution in [0.1, 0.15) is 24.8 Å². The van der Waals surface area contributed by atoms with Crippen LogP contribution >= 0.6 is 0 Å². The van der Waals surface area contributed by atoms with Gasteiger partial charge >= 0.3 is 6.03 Å². The van der Waals surface area contributed by atoms with Gasteiger partial charge in [-0.25, -0.2) is 4.79 Å². The van der Waals surface area contributed by atoms with Crippen molar-refractivity contribution in [2.75, 3.05) is 11.9 Å². The van der Waals surface area contributed by atoms with Gasteiger partial charge in [0, 0.05) is 30.6 Å². The van der Waals surface area contributed by atoms with Crippen molar-refractivity contribution in [2.45, 2.75) is 44.4 Å². The van der Waals surface area contributed by atoms with Gasteiger partial charge in [-0.2, -0.15) is 0 Å². The summed E-state index contributed by atoms with van der Waals surface area (Å²) in [6.45, 7) is 2.18. The lowest BCUT2D eigenvalue weighted by molar-refractivity contribution is -0.120. The van der Waals surface area contributed by atoms with Crippen LogP contribution in [0.5, 0.6) is 0 Å². The summed E-state index contributed by atoms with van der Waals surface area (Å²) in [6.07, 6.45) is -0.489. The molecule has 152 valence electrons. The van der Waals surface area contributed by atoms with Crippen LogP contribution in [0.2, 0.25) is 0 Å². The van der Waals surface area contributed by atoms with Crippen LogP contribution in [0.15, 0.2) is 35.9 Å². The van der Waals surface area contributed by atoms with Crippen LogP contribution in [0.4, 0.5) is 10.5 Å². The third-order valence-electron chi connectivity index (χ3n) is 4.36. The van der Waals surface area contributed by atoms with Crippen molar-refractivity contribution in [1.29, 1.82) is 0 Å². The predicted molar refractivity (Wildman–Crippen MR) is 103 cm³/mol. The number of hydrogen-bond donors (Lipinski definition) is 6. The summed E-state index contributed by atoms with van der Waals surface area (Å²) >= 11 is 0. The highest BCUT2D eigenvalue weighted by Gasteiger charge is 2.33. The van der Waals surface area contributed by atoms with Gasteiger partial charge in [0.15, 0.2) is 0 Å². The number of urea groups is 1. The summed E-state index contributed by atoms with van der Waals surface area (Å²) in [5.74, 6) is -0.880. The number of carbonyl (C=O) groups excluding carboxylic acids is 3. The Labute approximate surface area is 163 Å². The Bertz CT molecular complexity index is 747. The van der Waals surface area contributed by atoms with Gasteiger partial charge in [-0.05, 0) is 25.5 Å². The number of benzene rings is 1. The van der Waals surface area contributed by atoms with Gasteiger partial charge in [0.2, 0.25) is 11.8 Å².